The summed E-state index contributed by atoms with van der Waals surface area (Å²) in [6.07, 6.45) is 3.49. The number of hydrogen-bond acceptors (Lipinski definition) is 4. The zero-order valence-corrected chi connectivity index (χ0v) is 16.7. The fourth-order valence-electron chi connectivity index (χ4n) is 3.33. The smallest absolute Gasteiger partial charge is 0.239 e. The van der Waals surface area contributed by atoms with Gasteiger partial charge in [-0.2, -0.15) is 0 Å². The van der Waals surface area contributed by atoms with E-state index in [0.717, 1.165) is 24.8 Å². The number of carbonyl (C=O) groups is 1. The molecule has 3 atom stereocenters. The van der Waals surface area contributed by atoms with Gasteiger partial charge in [0.1, 0.15) is 5.82 Å². The van der Waals surface area contributed by atoms with Gasteiger partial charge in [-0.3, -0.25) is 15.6 Å². The number of halogens is 2. The molecule has 0 aromatic heterocycles. The van der Waals surface area contributed by atoms with Crippen molar-refractivity contribution in [3.05, 3.63) is 35.6 Å². The van der Waals surface area contributed by atoms with Crippen molar-refractivity contribution in [1.29, 1.82) is 0 Å². The highest BCUT2D eigenvalue weighted by atomic mass is 35.5. The van der Waals surface area contributed by atoms with Gasteiger partial charge in [-0.1, -0.05) is 26.0 Å². The zero-order valence-electron chi connectivity index (χ0n) is 15.9. The number of nitrogens with two attached hydrogens (primary N) is 1. The molecule has 2 unspecified atom stereocenters. The lowest BCUT2D eigenvalue weighted by molar-refractivity contribution is -0.131. The lowest BCUT2D eigenvalue weighted by Gasteiger charge is -2.22. The van der Waals surface area contributed by atoms with Crippen molar-refractivity contribution in [3.63, 3.8) is 0 Å². The molecule has 1 heterocycles. The van der Waals surface area contributed by atoms with Crippen LogP contribution >= 0.6 is 12.4 Å². The molecule has 0 saturated carbocycles. The van der Waals surface area contributed by atoms with E-state index in [4.69, 9.17) is 5.73 Å². The van der Waals surface area contributed by atoms with E-state index in [9.17, 15) is 9.18 Å². The van der Waals surface area contributed by atoms with Gasteiger partial charge in [0.05, 0.1) is 6.04 Å². The Bertz CT molecular complexity index is 572. The highest BCUT2D eigenvalue weighted by Gasteiger charge is 2.25. The Labute approximate surface area is 162 Å². The predicted octanol–water partition coefficient (Wildman–Crippen LogP) is 2.77. The maximum Gasteiger partial charge on any atom is 0.239 e. The van der Waals surface area contributed by atoms with Crippen LogP contribution in [0, 0.1) is 11.7 Å². The van der Waals surface area contributed by atoms with E-state index in [1.165, 1.54) is 6.07 Å². The number of carbonyl (C=O) groups excluding carboxylic acids is 1. The molecule has 0 aliphatic carbocycles. The summed E-state index contributed by atoms with van der Waals surface area (Å²) >= 11 is 0. The first kappa shape index (κ1) is 22.8. The van der Waals surface area contributed by atoms with Gasteiger partial charge in [0.25, 0.3) is 0 Å². The van der Waals surface area contributed by atoms with E-state index in [-0.39, 0.29) is 30.2 Å². The van der Waals surface area contributed by atoms with Gasteiger partial charge in [0.2, 0.25) is 5.91 Å². The molecular formula is C19H32ClFN4O. The van der Waals surface area contributed by atoms with Crippen LogP contribution in [0.15, 0.2) is 24.3 Å². The standard InChI is InChI=1S/C19H31FN4O.ClH/c1-13(2)10-17(21)19(25)24(3)9-5-8-16-12-18(23-22-16)14-6-4-7-15(20)11-14;/h4,6-7,11,13,16-18,22-23H,5,8-10,12,21H2,1-3H3;1H/t16?,17-,18?;/m0./s1. The summed E-state index contributed by atoms with van der Waals surface area (Å²) in [5.41, 5.74) is 13.4. The normalized spacial score (nSPS) is 20.7. The second kappa shape index (κ2) is 10.8. The fraction of sp³-hybridized carbons (Fsp3) is 0.632. The van der Waals surface area contributed by atoms with E-state index >= 15 is 0 Å². The largest absolute Gasteiger partial charge is 0.344 e. The van der Waals surface area contributed by atoms with Gasteiger partial charge in [0, 0.05) is 25.7 Å². The Morgan fingerprint density at radius 1 is 1.38 bits per heavy atom. The quantitative estimate of drug-likeness (QED) is 0.642. The van der Waals surface area contributed by atoms with Crippen molar-refractivity contribution in [1.82, 2.24) is 15.8 Å². The second-order valence-corrected chi connectivity index (χ2v) is 7.47. The highest BCUT2D eigenvalue weighted by Crippen LogP contribution is 2.24. The number of nitrogens with zero attached hydrogens (tertiary/aromatic N) is 1. The van der Waals surface area contributed by atoms with Gasteiger partial charge in [-0.25, -0.2) is 4.39 Å². The van der Waals surface area contributed by atoms with Crippen molar-refractivity contribution in [2.24, 2.45) is 11.7 Å². The van der Waals surface area contributed by atoms with Crippen molar-refractivity contribution in [2.75, 3.05) is 13.6 Å². The van der Waals surface area contributed by atoms with E-state index in [1.54, 1.807) is 17.0 Å². The summed E-state index contributed by atoms with van der Waals surface area (Å²) in [6, 6.07) is 6.74. The van der Waals surface area contributed by atoms with Crippen LogP contribution in [-0.4, -0.2) is 36.5 Å². The second-order valence-electron chi connectivity index (χ2n) is 7.47. The van der Waals surface area contributed by atoms with Gasteiger partial charge >= 0.3 is 0 Å². The van der Waals surface area contributed by atoms with Crippen LogP contribution in [0.4, 0.5) is 4.39 Å². The molecule has 0 bridgehead atoms. The van der Waals surface area contributed by atoms with Crippen LogP contribution in [0.5, 0.6) is 0 Å². The van der Waals surface area contributed by atoms with Crippen molar-refractivity contribution in [2.45, 2.75) is 57.7 Å². The van der Waals surface area contributed by atoms with Gasteiger partial charge in [0.15, 0.2) is 0 Å². The number of hydrogen-bond donors (Lipinski definition) is 3. The maximum absolute atomic E-state index is 13.3. The van der Waals surface area contributed by atoms with Gasteiger partial charge in [-0.15, -0.1) is 12.4 Å². The third-order valence-corrected chi connectivity index (χ3v) is 4.70. The molecule has 7 heteroatoms. The first-order valence-corrected chi connectivity index (χ1v) is 9.14. The molecule has 2 rings (SSSR count). The van der Waals surface area contributed by atoms with Crippen LogP contribution in [0.1, 0.15) is 51.1 Å². The SMILES string of the molecule is CC(C)C[C@H](N)C(=O)N(C)CCCC1CC(c2cccc(F)c2)NN1.Cl. The minimum absolute atomic E-state index is 0. The van der Waals surface area contributed by atoms with Crippen molar-refractivity contribution in [3.8, 4) is 0 Å². The monoisotopic (exact) mass is 386 g/mol. The first-order chi connectivity index (χ1) is 11.9. The molecule has 0 radical (unpaired) electrons. The molecular weight excluding hydrogens is 355 g/mol. The summed E-state index contributed by atoms with van der Waals surface area (Å²) in [5.74, 6) is 0.227. The van der Waals surface area contributed by atoms with E-state index in [0.29, 0.717) is 24.9 Å². The lowest BCUT2D eigenvalue weighted by atomic mass is 9.99. The van der Waals surface area contributed by atoms with Crippen LogP contribution in [0.25, 0.3) is 0 Å². The van der Waals surface area contributed by atoms with Crippen molar-refractivity contribution >= 4 is 18.3 Å². The molecule has 26 heavy (non-hydrogen) atoms. The Morgan fingerprint density at radius 2 is 2.12 bits per heavy atom. The molecule has 4 N–H and O–H groups in total. The number of nitrogens with one attached hydrogen (secondary N) is 2. The Morgan fingerprint density at radius 3 is 2.77 bits per heavy atom. The van der Waals surface area contributed by atoms with Gasteiger partial charge < -0.3 is 10.6 Å². The first-order valence-electron chi connectivity index (χ1n) is 9.14. The number of likely N-dealkylation sites (N-methyl/N-ethyl adjacent to an activating group) is 1. The summed E-state index contributed by atoms with van der Waals surface area (Å²) < 4.78 is 13.3. The van der Waals surface area contributed by atoms with E-state index in [1.807, 2.05) is 13.1 Å². The Hall–Kier alpha value is -1.21. The average Bonchev–Trinajstić information content (AvgIpc) is 3.02. The van der Waals surface area contributed by atoms with E-state index in [2.05, 4.69) is 24.7 Å². The fourth-order valence-corrected chi connectivity index (χ4v) is 3.33. The zero-order chi connectivity index (χ0) is 18.4. The van der Waals surface area contributed by atoms with Crippen LogP contribution in [-0.2, 0) is 4.79 Å². The summed E-state index contributed by atoms with van der Waals surface area (Å²) in [7, 11) is 1.82. The van der Waals surface area contributed by atoms with Crippen LogP contribution in [0.3, 0.4) is 0 Å². The number of amides is 1. The number of rotatable bonds is 8. The highest BCUT2D eigenvalue weighted by molar-refractivity contribution is 5.85. The molecule has 1 aromatic rings. The summed E-state index contributed by atoms with van der Waals surface area (Å²) in [4.78, 5) is 13.9. The minimum atomic E-state index is -0.409. The molecule has 5 nitrogen and oxygen atoms in total. The third-order valence-electron chi connectivity index (χ3n) is 4.70. The number of hydrazine groups is 1. The molecule has 0 spiro atoms. The average molecular weight is 387 g/mol. The minimum Gasteiger partial charge on any atom is -0.344 e. The van der Waals surface area contributed by atoms with Crippen LogP contribution < -0.4 is 16.6 Å². The molecule has 1 amide bonds. The summed E-state index contributed by atoms with van der Waals surface area (Å²) in [5, 5.41) is 0. The molecule has 148 valence electrons. The molecule has 1 aliphatic heterocycles. The third kappa shape index (κ3) is 6.83. The summed E-state index contributed by atoms with van der Waals surface area (Å²) in [6.45, 7) is 4.84. The van der Waals surface area contributed by atoms with Crippen LogP contribution in [0.2, 0.25) is 0 Å². The van der Waals surface area contributed by atoms with Gasteiger partial charge in [-0.05, 0) is 49.3 Å². The Balaban J connectivity index is 0.00000338. The number of benzene rings is 1. The molecule has 1 aromatic carbocycles. The molecule has 1 saturated heterocycles. The molecule has 1 fully saturated rings. The topological polar surface area (TPSA) is 70.4 Å². The maximum atomic E-state index is 13.3. The van der Waals surface area contributed by atoms with E-state index < -0.39 is 6.04 Å². The lowest BCUT2D eigenvalue weighted by Crippen LogP contribution is -2.43. The molecule has 1 aliphatic rings. The predicted molar refractivity (Wildman–Crippen MR) is 105 cm³/mol. The van der Waals surface area contributed by atoms with Crippen molar-refractivity contribution < 1.29 is 9.18 Å². The Kier molecular flexibility index (Phi) is 9.50.